The Morgan fingerprint density at radius 1 is 1.00 bits per heavy atom. The molecule has 0 bridgehead atoms. The molecule has 1 saturated heterocycles. The number of nitrogens with zero attached hydrogens (tertiary/aromatic N) is 1. The molecule has 4 rings (SSSR count). The molecule has 1 fully saturated rings. The SMILES string of the molecule is C[Si](C)(C)OC1C=CN([C@@H]2O[C@H](COCc3ccccc3)[C@H](OCc3ccccc3)[C@H]2I)C(=O)N1. The average Bonchev–Trinajstić information content (AvgIpc) is 3.13. The van der Waals surface area contributed by atoms with Crippen molar-refractivity contribution in [2.45, 2.75) is 61.4 Å². The van der Waals surface area contributed by atoms with Crippen LogP contribution >= 0.6 is 22.6 Å². The van der Waals surface area contributed by atoms with E-state index in [1.807, 2.05) is 66.7 Å². The maximum Gasteiger partial charge on any atom is 0.325 e. The molecule has 35 heavy (non-hydrogen) atoms. The summed E-state index contributed by atoms with van der Waals surface area (Å²) in [5.41, 5.74) is 2.19. The molecule has 0 aliphatic carbocycles. The number of carbonyl (C=O) groups is 1. The van der Waals surface area contributed by atoms with E-state index in [4.69, 9.17) is 18.6 Å². The smallest absolute Gasteiger partial charge is 0.325 e. The Morgan fingerprint density at radius 3 is 2.23 bits per heavy atom. The Bertz CT molecular complexity index is 988. The van der Waals surface area contributed by atoms with Crippen molar-refractivity contribution in [3.8, 4) is 0 Å². The highest BCUT2D eigenvalue weighted by atomic mass is 127. The summed E-state index contributed by atoms with van der Waals surface area (Å²) in [4.78, 5) is 14.6. The van der Waals surface area contributed by atoms with Crippen molar-refractivity contribution in [2.24, 2.45) is 0 Å². The molecule has 2 amide bonds. The van der Waals surface area contributed by atoms with E-state index in [2.05, 4.69) is 47.5 Å². The fourth-order valence-electron chi connectivity index (χ4n) is 4.02. The van der Waals surface area contributed by atoms with Gasteiger partial charge in [0.05, 0.1) is 23.7 Å². The van der Waals surface area contributed by atoms with E-state index in [0.717, 1.165) is 11.1 Å². The monoisotopic (exact) mass is 608 g/mol. The highest BCUT2D eigenvalue weighted by Crippen LogP contribution is 2.34. The summed E-state index contributed by atoms with van der Waals surface area (Å²) in [5.74, 6) is 0. The van der Waals surface area contributed by atoms with E-state index < -0.39 is 20.8 Å². The zero-order valence-corrected chi connectivity index (χ0v) is 23.5. The minimum atomic E-state index is -1.80. The normalized spacial score (nSPS) is 26.7. The standard InChI is InChI=1S/C26H33IN2O5Si/c1-35(2,3)34-22-14-15-29(26(30)28-22)25-23(27)24(32-17-20-12-8-5-9-13-20)21(33-25)18-31-16-19-10-6-4-7-11-19/h4-15,21-25H,16-18H2,1-3H3,(H,28,30)/t21-,22?,23-,24+,25-/m1/s1. The van der Waals surface area contributed by atoms with Gasteiger partial charge in [-0.3, -0.25) is 4.90 Å². The number of rotatable bonds is 10. The maximum atomic E-state index is 13.0. The summed E-state index contributed by atoms with van der Waals surface area (Å²) in [6.07, 6.45) is 2.17. The zero-order chi connectivity index (χ0) is 24.8. The second-order valence-corrected chi connectivity index (χ2v) is 15.5. The van der Waals surface area contributed by atoms with Gasteiger partial charge < -0.3 is 24.0 Å². The Labute approximate surface area is 222 Å². The molecule has 0 spiro atoms. The Kier molecular flexibility index (Phi) is 9.00. The van der Waals surface area contributed by atoms with Crippen LogP contribution in [-0.2, 0) is 31.9 Å². The molecular weight excluding hydrogens is 575 g/mol. The largest absolute Gasteiger partial charge is 0.395 e. The fourth-order valence-corrected chi connectivity index (χ4v) is 6.10. The predicted octanol–water partition coefficient (Wildman–Crippen LogP) is 5.03. The summed E-state index contributed by atoms with van der Waals surface area (Å²) in [6, 6.07) is 19.9. The molecule has 5 atom stereocenters. The van der Waals surface area contributed by atoms with Crippen molar-refractivity contribution in [3.05, 3.63) is 84.1 Å². The number of ether oxygens (including phenoxy) is 3. The predicted molar refractivity (Wildman–Crippen MR) is 145 cm³/mol. The Hall–Kier alpha value is -1.76. The van der Waals surface area contributed by atoms with Gasteiger partial charge in [0.2, 0.25) is 0 Å². The number of amides is 2. The van der Waals surface area contributed by atoms with Gasteiger partial charge in [0.1, 0.15) is 18.4 Å². The Balaban J connectivity index is 1.44. The van der Waals surface area contributed by atoms with Gasteiger partial charge in [0.25, 0.3) is 0 Å². The molecule has 0 saturated carbocycles. The summed E-state index contributed by atoms with van der Waals surface area (Å²) in [7, 11) is -1.80. The van der Waals surface area contributed by atoms with E-state index in [9.17, 15) is 4.79 Å². The number of carbonyl (C=O) groups excluding carboxylic acids is 1. The quantitative estimate of drug-likeness (QED) is 0.233. The van der Waals surface area contributed by atoms with Crippen LogP contribution in [0.2, 0.25) is 19.6 Å². The number of hydrogen-bond donors (Lipinski definition) is 1. The number of halogens is 1. The second-order valence-electron chi connectivity index (χ2n) is 9.62. The number of alkyl halides is 1. The molecule has 2 aromatic rings. The minimum absolute atomic E-state index is 0.0912. The summed E-state index contributed by atoms with van der Waals surface area (Å²) >= 11 is 2.33. The van der Waals surface area contributed by atoms with Gasteiger partial charge in [-0.1, -0.05) is 83.3 Å². The molecular formula is C26H33IN2O5Si. The van der Waals surface area contributed by atoms with E-state index in [1.165, 1.54) is 0 Å². The average molecular weight is 609 g/mol. The van der Waals surface area contributed by atoms with Gasteiger partial charge in [-0.05, 0) is 36.8 Å². The molecule has 1 unspecified atom stereocenters. The van der Waals surface area contributed by atoms with Gasteiger partial charge in [-0.2, -0.15) is 0 Å². The van der Waals surface area contributed by atoms with Crippen molar-refractivity contribution in [2.75, 3.05) is 6.61 Å². The van der Waals surface area contributed by atoms with Crippen molar-refractivity contribution in [1.29, 1.82) is 0 Å². The third-order valence-corrected chi connectivity index (χ3v) is 7.91. The maximum absolute atomic E-state index is 13.0. The molecule has 9 heteroatoms. The minimum Gasteiger partial charge on any atom is -0.395 e. The van der Waals surface area contributed by atoms with Crippen LogP contribution in [0.4, 0.5) is 4.79 Å². The van der Waals surface area contributed by atoms with E-state index in [1.54, 1.807) is 11.1 Å². The van der Waals surface area contributed by atoms with Crippen LogP contribution in [0.3, 0.4) is 0 Å². The fraction of sp³-hybridized carbons (Fsp3) is 0.423. The summed E-state index contributed by atoms with van der Waals surface area (Å²) < 4.78 is 24.7. The molecule has 188 valence electrons. The van der Waals surface area contributed by atoms with Gasteiger partial charge in [0, 0.05) is 6.20 Å². The number of nitrogens with one attached hydrogen (secondary N) is 1. The molecule has 2 aromatic carbocycles. The first-order chi connectivity index (χ1) is 16.8. The highest BCUT2D eigenvalue weighted by Gasteiger charge is 2.48. The Morgan fingerprint density at radius 2 is 1.63 bits per heavy atom. The van der Waals surface area contributed by atoms with Crippen molar-refractivity contribution in [1.82, 2.24) is 10.2 Å². The van der Waals surface area contributed by atoms with Crippen LogP contribution in [0, 0.1) is 0 Å². The van der Waals surface area contributed by atoms with Crippen LogP contribution in [0.5, 0.6) is 0 Å². The van der Waals surface area contributed by atoms with Crippen LogP contribution < -0.4 is 5.32 Å². The zero-order valence-electron chi connectivity index (χ0n) is 20.3. The van der Waals surface area contributed by atoms with Crippen LogP contribution in [-0.4, -0.2) is 54.4 Å². The van der Waals surface area contributed by atoms with Crippen molar-refractivity contribution in [3.63, 3.8) is 0 Å². The number of hydrogen-bond acceptors (Lipinski definition) is 5. The van der Waals surface area contributed by atoms with E-state index in [0.29, 0.717) is 19.8 Å². The van der Waals surface area contributed by atoms with Crippen molar-refractivity contribution < 1.29 is 23.4 Å². The molecule has 0 radical (unpaired) electrons. The van der Waals surface area contributed by atoms with Crippen LogP contribution in [0.15, 0.2) is 72.9 Å². The second kappa shape index (κ2) is 12.0. The molecule has 0 aromatic heterocycles. The number of benzene rings is 2. The molecule has 2 aliphatic rings. The van der Waals surface area contributed by atoms with Gasteiger partial charge >= 0.3 is 6.03 Å². The number of urea groups is 1. The third kappa shape index (κ3) is 7.37. The topological polar surface area (TPSA) is 69.3 Å². The van der Waals surface area contributed by atoms with Gasteiger partial charge in [-0.15, -0.1) is 0 Å². The van der Waals surface area contributed by atoms with Crippen LogP contribution in [0.1, 0.15) is 11.1 Å². The lowest BCUT2D eigenvalue weighted by atomic mass is 10.1. The first-order valence-electron chi connectivity index (χ1n) is 11.8. The lowest BCUT2D eigenvalue weighted by molar-refractivity contribution is -0.0872. The molecule has 1 N–H and O–H groups in total. The van der Waals surface area contributed by atoms with Gasteiger partial charge in [0.15, 0.2) is 14.5 Å². The van der Waals surface area contributed by atoms with Crippen LogP contribution in [0.25, 0.3) is 0 Å². The van der Waals surface area contributed by atoms with E-state index >= 15 is 0 Å². The molecule has 7 nitrogen and oxygen atoms in total. The molecule has 2 heterocycles. The lowest BCUT2D eigenvalue weighted by Gasteiger charge is -2.34. The third-order valence-electron chi connectivity index (χ3n) is 5.62. The molecule has 2 aliphatic heterocycles. The van der Waals surface area contributed by atoms with Gasteiger partial charge in [-0.25, -0.2) is 4.79 Å². The lowest BCUT2D eigenvalue weighted by Crippen LogP contribution is -2.54. The first kappa shape index (κ1) is 26.3. The first-order valence-corrected chi connectivity index (χ1v) is 16.5. The summed E-state index contributed by atoms with van der Waals surface area (Å²) in [6.45, 7) is 7.59. The highest BCUT2D eigenvalue weighted by molar-refractivity contribution is 14.1. The van der Waals surface area contributed by atoms with Crippen molar-refractivity contribution >= 4 is 36.9 Å². The summed E-state index contributed by atoms with van der Waals surface area (Å²) in [5, 5.41) is 2.93. The van der Waals surface area contributed by atoms with E-state index in [-0.39, 0.29) is 22.2 Å².